The molecule has 0 saturated carbocycles. The van der Waals surface area contributed by atoms with E-state index in [1.165, 1.54) is 14.0 Å². The number of methoxy groups -OCH3 is 1. The molecule has 1 fully saturated rings. The van der Waals surface area contributed by atoms with Crippen LogP contribution in [0.3, 0.4) is 0 Å². The largest absolute Gasteiger partial charge is 0.481 e. The number of rotatable bonds is 7. The van der Waals surface area contributed by atoms with Crippen LogP contribution < -0.4 is 16.4 Å². The van der Waals surface area contributed by atoms with Gasteiger partial charge in [-0.05, 0) is 6.92 Å². The van der Waals surface area contributed by atoms with Gasteiger partial charge in [0.25, 0.3) is 0 Å². The molecule has 1 aliphatic heterocycles. The summed E-state index contributed by atoms with van der Waals surface area (Å²) in [6.07, 6.45) is -0.0428. The van der Waals surface area contributed by atoms with Crippen molar-refractivity contribution in [2.75, 3.05) is 20.3 Å². The van der Waals surface area contributed by atoms with Crippen molar-refractivity contribution in [1.82, 2.24) is 10.6 Å². The summed E-state index contributed by atoms with van der Waals surface area (Å²) in [5, 5.41) is 13.5. The summed E-state index contributed by atoms with van der Waals surface area (Å²) in [6.45, 7) is 1.99. The second-order valence-electron chi connectivity index (χ2n) is 5.61. The molecule has 2 atom stereocenters. The Balaban J connectivity index is 2.68. The highest BCUT2D eigenvalue weighted by molar-refractivity contribution is 5.94. The zero-order valence-electron chi connectivity index (χ0n) is 13.7. The van der Waals surface area contributed by atoms with Gasteiger partial charge in [0.1, 0.15) is 11.6 Å². The lowest BCUT2D eigenvalue weighted by Gasteiger charge is -2.35. The highest BCUT2D eigenvalue weighted by Crippen LogP contribution is 2.22. The zero-order valence-corrected chi connectivity index (χ0v) is 13.7. The van der Waals surface area contributed by atoms with Crippen LogP contribution in [0.2, 0.25) is 0 Å². The summed E-state index contributed by atoms with van der Waals surface area (Å²) in [4.78, 5) is 46.6. The Bertz CT molecular complexity index is 503. The third-order valence-electron chi connectivity index (χ3n) is 3.77. The number of amides is 2. The molecule has 0 aromatic rings. The van der Waals surface area contributed by atoms with Gasteiger partial charge in [-0.25, -0.2) is 4.79 Å². The molecule has 0 radical (unpaired) electrons. The summed E-state index contributed by atoms with van der Waals surface area (Å²) in [7, 11) is 1.22. The van der Waals surface area contributed by atoms with E-state index >= 15 is 0 Å². The van der Waals surface area contributed by atoms with E-state index in [1.807, 2.05) is 0 Å². The molecule has 10 nitrogen and oxygen atoms in total. The molecule has 5 N–H and O–H groups in total. The fourth-order valence-corrected chi connectivity index (χ4v) is 2.31. The third-order valence-corrected chi connectivity index (χ3v) is 3.77. The lowest BCUT2D eigenvalue weighted by molar-refractivity contribution is -0.155. The summed E-state index contributed by atoms with van der Waals surface area (Å²) >= 11 is 0. The number of esters is 1. The molecule has 0 aliphatic carbocycles. The number of carboxylic acids is 1. The van der Waals surface area contributed by atoms with Crippen LogP contribution in [0.25, 0.3) is 0 Å². The van der Waals surface area contributed by atoms with E-state index in [0.29, 0.717) is 13.2 Å². The van der Waals surface area contributed by atoms with Gasteiger partial charge in [0.15, 0.2) is 0 Å². The van der Waals surface area contributed by atoms with Gasteiger partial charge in [-0.3, -0.25) is 14.4 Å². The van der Waals surface area contributed by atoms with Gasteiger partial charge in [-0.2, -0.15) is 0 Å². The number of aliphatic carboxylic acids is 1. The van der Waals surface area contributed by atoms with Crippen molar-refractivity contribution in [2.24, 2.45) is 5.73 Å². The quantitative estimate of drug-likeness (QED) is 0.391. The molecule has 0 aromatic heterocycles. The molecule has 1 heterocycles. The Morgan fingerprint density at radius 2 is 1.83 bits per heavy atom. The number of nitrogens with one attached hydrogen (secondary N) is 2. The molecule has 1 saturated heterocycles. The van der Waals surface area contributed by atoms with E-state index in [-0.39, 0.29) is 12.8 Å². The molecular formula is C14H23N3O7. The van der Waals surface area contributed by atoms with Crippen LogP contribution in [0.4, 0.5) is 0 Å². The van der Waals surface area contributed by atoms with Gasteiger partial charge in [-0.1, -0.05) is 0 Å². The minimum absolute atomic E-state index is 0.255. The third kappa shape index (κ3) is 5.17. The first-order valence-corrected chi connectivity index (χ1v) is 7.48. The van der Waals surface area contributed by atoms with Crippen LogP contribution in [0, 0.1) is 0 Å². The standard InChI is InChI=1S/C14H23N3O7/c1-8(16-12(21)9(15)7-10(18)19)11(20)17-14(13(22)23-2)3-5-24-6-4-14/h8-9H,3-7,15H2,1-2H3,(H,16,21)(H,17,20)(H,18,19)/t8-,9+/m1/s1. The molecule has 0 bridgehead atoms. The molecule has 0 spiro atoms. The molecule has 136 valence electrons. The van der Waals surface area contributed by atoms with Gasteiger partial charge in [-0.15, -0.1) is 0 Å². The number of ether oxygens (including phenoxy) is 2. The topological polar surface area (TPSA) is 157 Å². The van der Waals surface area contributed by atoms with Gasteiger partial charge in [0.05, 0.1) is 19.6 Å². The zero-order chi connectivity index (χ0) is 18.3. The number of hydrogen-bond donors (Lipinski definition) is 4. The van der Waals surface area contributed by atoms with Gasteiger partial charge in [0.2, 0.25) is 11.8 Å². The number of carbonyl (C=O) groups excluding carboxylic acids is 3. The first-order chi connectivity index (χ1) is 11.2. The maximum Gasteiger partial charge on any atom is 0.331 e. The smallest absolute Gasteiger partial charge is 0.331 e. The van der Waals surface area contributed by atoms with E-state index in [0.717, 1.165) is 0 Å². The molecule has 0 aromatic carbocycles. The Morgan fingerprint density at radius 1 is 1.25 bits per heavy atom. The van der Waals surface area contributed by atoms with Crippen LogP contribution in [0.1, 0.15) is 26.2 Å². The first kappa shape index (κ1) is 19.8. The van der Waals surface area contributed by atoms with Crippen LogP contribution >= 0.6 is 0 Å². The average Bonchev–Trinajstić information content (AvgIpc) is 2.53. The monoisotopic (exact) mass is 345 g/mol. The van der Waals surface area contributed by atoms with E-state index in [9.17, 15) is 19.2 Å². The van der Waals surface area contributed by atoms with Gasteiger partial charge in [0, 0.05) is 26.1 Å². The molecule has 10 heteroatoms. The predicted octanol–water partition coefficient (Wildman–Crippen LogP) is -1.87. The SMILES string of the molecule is COC(=O)C1(NC(=O)[C@@H](C)NC(=O)[C@@H](N)CC(=O)O)CCOCC1. The van der Waals surface area contributed by atoms with Gasteiger partial charge < -0.3 is 30.9 Å². The molecule has 0 unspecified atom stereocenters. The molecule has 24 heavy (non-hydrogen) atoms. The molecular weight excluding hydrogens is 322 g/mol. The maximum atomic E-state index is 12.3. The summed E-state index contributed by atoms with van der Waals surface area (Å²) in [6, 6.07) is -2.27. The highest BCUT2D eigenvalue weighted by atomic mass is 16.5. The lowest BCUT2D eigenvalue weighted by atomic mass is 9.89. The molecule has 1 rings (SSSR count). The van der Waals surface area contributed by atoms with Gasteiger partial charge >= 0.3 is 11.9 Å². The average molecular weight is 345 g/mol. The second-order valence-corrected chi connectivity index (χ2v) is 5.61. The molecule has 1 aliphatic rings. The van der Waals surface area contributed by atoms with Crippen molar-refractivity contribution in [2.45, 2.75) is 43.8 Å². The van der Waals surface area contributed by atoms with Crippen LogP contribution in [0.5, 0.6) is 0 Å². The lowest BCUT2D eigenvalue weighted by Crippen LogP contribution is -2.61. The fraction of sp³-hybridized carbons (Fsp3) is 0.714. The number of nitrogens with two attached hydrogens (primary N) is 1. The van der Waals surface area contributed by atoms with E-state index in [1.54, 1.807) is 0 Å². The second kappa shape index (κ2) is 8.60. The van der Waals surface area contributed by atoms with E-state index < -0.39 is 47.8 Å². The van der Waals surface area contributed by atoms with Crippen LogP contribution in [-0.2, 0) is 28.7 Å². The van der Waals surface area contributed by atoms with Crippen molar-refractivity contribution >= 4 is 23.8 Å². The van der Waals surface area contributed by atoms with Crippen molar-refractivity contribution in [3.8, 4) is 0 Å². The minimum Gasteiger partial charge on any atom is -0.481 e. The van der Waals surface area contributed by atoms with Crippen molar-refractivity contribution in [3.63, 3.8) is 0 Å². The Kier molecular flexibility index (Phi) is 7.11. The first-order valence-electron chi connectivity index (χ1n) is 7.48. The Labute approximate surface area is 139 Å². The summed E-state index contributed by atoms with van der Waals surface area (Å²) in [5.74, 6) is -3.17. The van der Waals surface area contributed by atoms with E-state index in [4.69, 9.17) is 20.3 Å². The number of hydrogen-bond acceptors (Lipinski definition) is 7. The Hall–Kier alpha value is -2.20. The normalized spacial score (nSPS) is 18.8. The Morgan fingerprint density at radius 3 is 2.33 bits per heavy atom. The van der Waals surface area contributed by atoms with E-state index in [2.05, 4.69) is 10.6 Å². The van der Waals surface area contributed by atoms with Crippen LogP contribution in [0.15, 0.2) is 0 Å². The molecule has 2 amide bonds. The summed E-state index contributed by atoms with van der Waals surface area (Å²) in [5.41, 5.74) is 4.23. The fourth-order valence-electron chi connectivity index (χ4n) is 2.31. The summed E-state index contributed by atoms with van der Waals surface area (Å²) < 4.78 is 9.95. The van der Waals surface area contributed by atoms with Crippen LogP contribution in [-0.4, -0.2) is 66.8 Å². The number of carboxylic acid groups (broad SMARTS) is 1. The minimum atomic E-state index is -1.27. The highest BCUT2D eigenvalue weighted by Gasteiger charge is 2.43. The number of carbonyl (C=O) groups is 4. The van der Waals surface area contributed by atoms with Crippen molar-refractivity contribution < 1.29 is 33.8 Å². The maximum absolute atomic E-state index is 12.3. The van der Waals surface area contributed by atoms with Crippen molar-refractivity contribution in [3.05, 3.63) is 0 Å². The predicted molar refractivity (Wildman–Crippen MR) is 80.8 cm³/mol. The van der Waals surface area contributed by atoms with Crippen molar-refractivity contribution in [1.29, 1.82) is 0 Å².